The number of furan rings is 1. The van der Waals surface area contributed by atoms with Gasteiger partial charge >= 0.3 is 0 Å². The molecular weight excluding hydrogens is 386 g/mol. The van der Waals surface area contributed by atoms with Crippen molar-refractivity contribution in [3.63, 3.8) is 0 Å². The van der Waals surface area contributed by atoms with Crippen LogP contribution in [0.15, 0.2) is 65.1 Å². The van der Waals surface area contributed by atoms with Crippen LogP contribution in [0.5, 0.6) is 11.5 Å². The molecule has 1 amide bonds. The Labute approximate surface area is 174 Å². The Morgan fingerprint density at radius 1 is 1.10 bits per heavy atom. The number of carbonyl (C=O) groups is 1. The molecule has 4 rings (SSSR count). The van der Waals surface area contributed by atoms with E-state index in [0.717, 1.165) is 22.6 Å². The number of methoxy groups -OCH3 is 1. The first-order valence-electron chi connectivity index (χ1n) is 9.45. The van der Waals surface area contributed by atoms with E-state index in [9.17, 15) is 4.79 Å². The standard InChI is InChI=1S/C23H23NO4S/c1-16-8-10-19(28-16)13-24-22(25)15-29-23(24)18-9-11-20(21(12-18)26-2)27-14-17-6-4-3-5-7-17/h3-12,23H,13-15H2,1-2H3. The fourth-order valence-electron chi connectivity index (χ4n) is 3.33. The van der Waals surface area contributed by atoms with Crippen LogP contribution in [0.25, 0.3) is 0 Å². The van der Waals surface area contributed by atoms with Crippen molar-refractivity contribution in [2.45, 2.75) is 25.4 Å². The molecule has 150 valence electrons. The van der Waals surface area contributed by atoms with Gasteiger partial charge in [-0.3, -0.25) is 4.79 Å². The minimum absolute atomic E-state index is 0.0787. The first kappa shape index (κ1) is 19.5. The predicted molar refractivity (Wildman–Crippen MR) is 113 cm³/mol. The molecule has 0 spiro atoms. The normalized spacial score (nSPS) is 16.3. The topological polar surface area (TPSA) is 51.9 Å². The smallest absolute Gasteiger partial charge is 0.234 e. The number of rotatable bonds is 7. The SMILES string of the molecule is COc1cc(C2SCC(=O)N2Cc2ccc(C)o2)ccc1OCc1ccccc1. The van der Waals surface area contributed by atoms with Crippen LogP contribution >= 0.6 is 11.8 Å². The van der Waals surface area contributed by atoms with Gasteiger partial charge in [-0.1, -0.05) is 36.4 Å². The Bertz CT molecular complexity index is 986. The molecule has 1 aromatic heterocycles. The molecular formula is C23H23NO4S. The van der Waals surface area contributed by atoms with Crippen molar-refractivity contribution in [3.05, 3.63) is 83.3 Å². The van der Waals surface area contributed by atoms with Crippen molar-refractivity contribution in [2.24, 2.45) is 0 Å². The molecule has 1 aliphatic heterocycles. The minimum atomic E-state index is -0.0787. The lowest BCUT2D eigenvalue weighted by Gasteiger charge is -2.24. The highest BCUT2D eigenvalue weighted by Crippen LogP contribution is 2.42. The van der Waals surface area contributed by atoms with E-state index in [1.807, 2.05) is 72.5 Å². The van der Waals surface area contributed by atoms with E-state index in [1.54, 1.807) is 18.9 Å². The Morgan fingerprint density at radius 2 is 1.93 bits per heavy atom. The molecule has 0 bridgehead atoms. The maximum atomic E-state index is 12.5. The van der Waals surface area contributed by atoms with E-state index >= 15 is 0 Å². The highest BCUT2D eigenvalue weighted by atomic mass is 32.2. The van der Waals surface area contributed by atoms with Gasteiger partial charge < -0.3 is 18.8 Å². The van der Waals surface area contributed by atoms with Gasteiger partial charge in [0.2, 0.25) is 5.91 Å². The molecule has 2 heterocycles. The van der Waals surface area contributed by atoms with Crippen molar-refractivity contribution >= 4 is 17.7 Å². The van der Waals surface area contributed by atoms with Crippen molar-refractivity contribution in [3.8, 4) is 11.5 Å². The number of amides is 1. The van der Waals surface area contributed by atoms with Gasteiger partial charge in [-0.25, -0.2) is 0 Å². The summed E-state index contributed by atoms with van der Waals surface area (Å²) in [6, 6.07) is 19.7. The summed E-state index contributed by atoms with van der Waals surface area (Å²) in [5, 5.41) is -0.0787. The third kappa shape index (κ3) is 4.43. The predicted octanol–water partition coefficient (Wildman–Crippen LogP) is 4.95. The number of nitrogens with zero attached hydrogens (tertiary/aromatic N) is 1. The van der Waals surface area contributed by atoms with Crippen LogP contribution in [0.3, 0.4) is 0 Å². The monoisotopic (exact) mass is 409 g/mol. The molecule has 1 aliphatic rings. The van der Waals surface area contributed by atoms with Crippen LogP contribution < -0.4 is 9.47 Å². The lowest BCUT2D eigenvalue weighted by atomic mass is 10.1. The summed E-state index contributed by atoms with van der Waals surface area (Å²) in [6.45, 7) is 2.83. The van der Waals surface area contributed by atoms with Crippen molar-refractivity contribution < 1.29 is 18.7 Å². The maximum Gasteiger partial charge on any atom is 0.234 e. The lowest BCUT2D eigenvalue weighted by Crippen LogP contribution is -2.27. The summed E-state index contributed by atoms with van der Waals surface area (Å²) < 4.78 is 17.2. The highest BCUT2D eigenvalue weighted by molar-refractivity contribution is 8.00. The number of aryl methyl sites for hydroxylation is 1. The van der Waals surface area contributed by atoms with Gasteiger partial charge in [0.15, 0.2) is 11.5 Å². The van der Waals surface area contributed by atoms with Gasteiger partial charge in [0.1, 0.15) is 23.5 Å². The largest absolute Gasteiger partial charge is 0.493 e. The zero-order chi connectivity index (χ0) is 20.2. The summed E-state index contributed by atoms with van der Waals surface area (Å²) >= 11 is 1.61. The Kier molecular flexibility index (Phi) is 5.81. The average molecular weight is 410 g/mol. The number of carbonyl (C=O) groups excluding carboxylic acids is 1. The van der Waals surface area contributed by atoms with Gasteiger partial charge in [-0.2, -0.15) is 0 Å². The van der Waals surface area contributed by atoms with Crippen LogP contribution in [0.2, 0.25) is 0 Å². The molecule has 5 nitrogen and oxygen atoms in total. The molecule has 6 heteroatoms. The van der Waals surface area contributed by atoms with Gasteiger partial charge in [-0.15, -0.1) is 11.8 Å². The molecule has 1 atom stereocenters. The fraction of sp³-hybridized carbons (Fsp3) is 0.261. The summed E-state index contributed by atoms with van der Waals surface area (Å²) in [7, 11) is 1.63. The first-order chi connectivity index (χ1) is 14.1. The minimum Gasteiger partial charge on any atom is -0.493 e. The molecule has 29 heavy (non-hydrogen) atoms. The van der Waals surface area contributed by atoms with E-state index in [4.69, 9.17) is 13.9 Å². The number of hydrogen-bond acceptors (Lipinski definition) is 5. The second kappa shape index (κ2) is 8.66. The number of hydrogen-bond donors (Lipinski definition) is 0. The molecule has 3 aromatic rings. The van der Waals surface area contributed by atoms with Crippen LogP contribution in [-0.4, -0.2) is 23.7 Å². The fourth-order valence-corrected chi connectivity index (χ4v) is 4.51. The first-order valence-corrected chi connectivity index (χ1v) is 10.5. The summed E-state index contributed by atoms with van der Waals surface area (Å²) in [4.78, 5) is 14.3. The molecule has 1 saturated heterocycles. The van der Waals surface area contributed by atoms with Gasteiger partial charge in [-0.05, 0) is 42.3 Å². The van der Waals surface area contributed by atoms with Gasteiger partial charge in [0.25, 0.3) is 0 Å². The highest BCUT2D eigenvalue weighted by Gasteiger charge is 2.34. The number of thioether (sulfide) groups is 1. The van der Waals surface area contributed by atoms with Gasteiger partial charge in [0, 0.05) is 0 Å². The Balaban J connectivity index is 1.52. The Morgan fingerprint density at radius 3 is 2.66 bits per heavy atom. The Hall–Kier alpha value is -2.86. The average Bonchev–Trinajstić information content (AvgIpc) is 3.33. The third-order valence-corrected chi connectivity index (χ3v) is 6.06. The second-order valence-corrected chi connectivity index (χ2v) is 7.95. The molecule has 0 N–H and O–H groups in total. The van der Waals surface area contributed by atoms with Crippen LogP contribution in [0.1, 0.15) is 28.0 Å². The number of ether oxygens (including phenoxy) is 2. The van der Waals surface area contributed by atoms with Crippen LogP contribution in [-0.2, 0) is 17.9 Å². The zero-order valence-electron chi connectivity index (χ0n) is 16.5. The maximum absolute atomic E-state index is 12.5. The van der Waals surface area contributed by atoms with Gasteiger partial charge in [0.05, 0.1) is 19.4 Å². The second-order valence-electron chi connectivity index (χ2n) is 6.88. The summed E-state index contributed by atoms with van der Waals surface area (Å²) in [5.41, 5.74) is 2.10. The van der Waals surface area contributed by atoms with E-state index < -0.39 is 0 Å². The lowest BCUT2D eigenvalue weighted by molar-refractivity contribution is -0.128. The van der Waals surface area contributed by atoms with Crippen molar-refractivity contribution in [1.82, 2.24) is 4.90 Å². The van der Waals surface area contributed by atoms with Crippen molar-refractivity contribution in [2.75, 3.05) is 12.9 Å². The molecule has 0 radical (unpaired) electrons. The molecule has 0 aliphatic carbocycles. The van der Waals surface area contributed by atoms with E-state index in [0.29, 0.717) is 30.4 Å². The quantitative estimate of drug-likeness (QED) is 0.553. The van der Waals surface area contributed by atoms with Crippen LogP contribution in [0, 0.1) is 6.92 Å². The number of benzene rings is 2. The van der Waals surface area contributed by atoms with Crippen molar-refractivity contribution in [1.29, 1.82) is 0 Å². The molecule has 0 saturated carbocycles. The van der Waals surface area contributed by atoms with E-state index in [2.05, 4.69) is 0 Å². The van der Waals surface area contributed by atoms with E-state index in [1.165, 1.54) is 0 Å². The molecule has 1 unspecified atom stereocenters. The molecule has 2 aromatic carbocycles. The summed E-state index contributed by atoms with van der Waals surface area (Å²) in [6.07, 6.45) is 0. The molecule has 1 fully saturated rings. The van der Waals surface area contributed by atoms with E-state index in [-0.39, 0.29) is 11.3 Å². The van der Waals surface area contributed by atoms with Crippen LogP contribution in [0.4, 0.5) is 0 Å². The zero-order valence-corrected chi connectivity index (χ0v) is 17.3. The third-order valence-electron chi connectivity index (χ3n) is 4.80. The summed E-state index contributed by atoms with van der Waals surface area (Å²) in [5.74, 6) is 3.54.